The fraction of sp³-hybridized carbons (Fsp3) is 0.217. The van der Waals surface area contributed by atoms with Gasteiger partial charge in [0.1, 0.15) is 0 Å². The van der Waals surface area contributed by atoms with Crippen molar-refractivity contribution in [1.82, 2.24) is 0 Å². The molecule has 0 aliphatic heterocycles. The second kappa shape index (κ2) is 9.64. The van der Waals surface area contributed by atoms with Crippen molar-refractivity contribution in [3.8, 4) is 0 Å². The first-order valence-electron chi connectivity index (χ1n) is 8.62. The SMILES string of the molecule is C=C(C)/C(C)=C(N=C(c1ccccc1)c1ccccc1)\N=C(\C)COC. The molecule has 0 aromatic heterocycles. The van der Waals surface area contributed by atoms with E-state index in [1.54, 1.807) is 7.11 Å². The number of methoxy groups -OCH3 is 1. The van der Waals surface area contributed by atoms with Crippen LogP contribution in [0.25, 0.3) is 0 Å². The maximum Gasteiger partial charge on any atom is 0.155 e. The average Bonchev–Trinajstić information content (AvgIpc) is 2.66. The molecule has 2 aromatic rings. The molecule has 3 heteroatoms. The van der Waals surface area contributed by atoms with Crippen molar-refractivity contribution in [2.45, 2.75) is 20.8 Å². The van der Waals surface area contributed by atoms with E-state index in [1.165, 1.54) is 0 Å². The van der Waals surface area contributed by atoms with Crippen molar-refractivity contribution < 1.29 is 4.74 Å². The zero-order valence-corrected chi connectivity index (χ0v) is 16.0. The third-order valence-electron chi connectivity index (χ3n) is 3.94. The molecule has 0 N–H and O–H groups in total. The smallest absolute Gasteiger partial charge is 0.155 e. The van der Waals surface area contributed by atoms with Gasteiger partial charge in [-0.2, -0.15) is 0 Å². The fourth-order valence-corrected chi connectivity index (χ4v) is 2.40. The van der Waals surface area contributed by atoms with E-state index in [9.17, 15) is 0 Å². The molecule has 0 aliphatic rings. The quantitative estimate of drug-likeness (QED) is 0.485. The van der Waals surface area contributed by atoms with Crippen molar-refractivity contribution in [3.05, 3.63) is 95.3 Å². The molecule has 0 saturated carbocycles. The number of nitrogens with zero attached hydrogens (tertiary/aromatic N) is 2. The highest BCUT2D eigenvalue weighted by Crippen LogP contribution is 2.19. The lowest BCUT2D eigenvalue weighted by Crippen LogP contribution is -2.06. The van der Waals surface area contributed by atoms with Crippen LogP contribution < -0.4 is 0 Å². The van der Waals surface area contributed by atoms with Gasteiger partial charge in [-0.1, -0.05) is 72.8 Å². The van der Waals surface area contributed by atoms with E-state index in [1.807, 2.05) is 57.2 Å². The van der Waals surface area contributed by atoms with Gasteiger partial charge >= 0.3 is 0 Å². The van der Waals surface area contributed by atoms with E-state index < -0.39 is 0 Å². The number of ether oxygens (including phenoxy) is 1. The number of aliphatic imine (C=N–C) groups is 2. The Hall–Kier alpha value is -2.78. The Morgan fingerprint density at radius 3 is 1.77 bits per heavy atom. The summed E-state index contributed by atoms with van der Waals surface area (Å²) >= 11 is 0. The Morgan fingerprint density at radius 2 is 1.35 bits per heavy atom. The van der Waals surface area contributed by atoms with E-state index in [4.69, 9.17) is 14.7 Å². The zero-order chi connectivity index (χ0) is 18.9. The van der Waals surface area contributed by atoms with E-state index in [2.05, 4.69) is 30.8 Å². The summed E-state index contributed by atoms with van der Waals surface area (Å²) in [6, 6.07) is 20.3. The highest BCUT2D eigenvalue weighted by atomic mass is 16.5. The first-order valence-corrected chi connectivity index (χ1v) is 8.62. The minimum Gasteiger partial charge on any atom is -0.379 e. The van der Waals surface area contributed by atoms with E-state index in [0.717, 1.165) is 33.7 Å². The summed E-state index contributed by atoms with van der Waals surface area (Å²) in [7, 11) is 1.66. The largest absolute Gasteiger partial charge is 0.379 e. The Balaban J connectivity index is 2.66. The Kier molecular flexibility index (Phi) is 7.24. The zero-order valence-electron chi connectivity index (χ0n) is 16.0. The lowest BCUT2D eigenvalue weighted by atomic mass is 10.0. The van der Waals surface area contributed by atoms with E-state index in [-0.39, 0.29) is 0 Å². The van der Waals surface area contributed by atoms with Crippen LogP contribution in [0.4, 0.5) is 0 Å². The molecule has 0 aliphatic carbocycles. The van der Waals surface area contributed by atoms with Crippen LogP contribution in [0.15, 0.2) is 94.2 Å². The second-order valence-electron chi connectivity index (χ2n) is 6.20. The maximum absolute atomic E-state index is 5.19. The lowest BCUT2D eigenvalue weighted by Gasteiger charge is -2.11. The fourth-order valence-electron chi connectivity index (χ4n) is 2.40. The molecular weight excluding hydrogens is 320 g/mol. The van der Waals surface area contributed by atoms with Crippen LogP contribution >= 0.6 is 0 Å². The maximum atomic E-state index is 5.19. The summed E-state index contributed by atoms with van der Waals surface area (Å²) in [6.07, 6.45) is 0. The Labute approximate surface area is 156 Å². The van der Waals surface area contributed by atoms with E-state index >= 15 is 0 Å². The van der Waals surface area contributed by atoms with Gasteiger partial charge in [-0.3, -0.25) is 0 Å². The summed E-state index contributed by atoms with van der Waals surface area (Å²) in [6.45, 7) is 10.4. The standard InChI is InChI=1S/C23H26N2O/c1-17(2)19(4)23(24-18(3)16-26-5)25-22(20-12-8-6-9-13-20)21-14-10-7-11-15-21/h6-15H,1,16H2,2-5H3/b23-19+,24-18-. The van der Waals surface area contributed by atoms with Crippen LogP contribution in [0, 0.1) is 0 Å². The van der Waals surface area contributed by atoms with Gasteiger partial charge in [0.25, 0.3) is 0 Å². The molecule has 0 spiro atoms. The van der Waals surface area contributed by atoms with Crippen LogP contribution in [-0.2, 0) is 4.74 Å². The molecule has 0 amide bonds. The van der Waals surface area contributed by atoms with Gasteiger partial charge in [-0.05, 0) is 26.3 Å². The number of hydrogen-bond donors (Lipinski definition) is 0. The molecule has 0 atom stereocenters. The van der Waals surface area contributed by atoms with Gasteiger partial charge < -0.3 is 4.74 Å². The molecule has 26 heavy (non-hydrogen) atoms. The highest BCUT2D eigenvalue weighted by Gasteiger charge is 2.10. The third-order valence-corrected chi connectivity index (χ3v) is 3.94. The first kappa shape index (κ1) is 19.5. The van der Waals surface area contributed by atoms with Crippen molar-refractivity contribution in [1.29, 1.82) is 0 Å². The average molecular weight is 346 g/mol. The molecule has 0 heterocycles. The predicted molar refractivity (Wildman–Crippen MR) is 111 cm³/mol. The van der Waals surface area contributed by atoms with E-state index in [0.29, 0.717) is 12.4 Å². The van der Waals surface area contributed by atoms with Crippen molar-refractivity contribution in [2.24, 2.45) is 9.98 Å². The van der Waals surface area contributed by atoms with Crippen molar-refractivity contribution >= 4 is 11.4 Å². The van der Waals surface area contributed by atoms with Crippen LogP contribution in [0.2, 0.25) is 0 Å². The first-order chi connectivity index (χ1) is 12.5. The van der Waals surface area contributed by atoms with Gasteiger partial charge in [0.05, 0.1) is 12.3 Å². The molecule has 0 unspecified atom stereocenters. The molecule has 3 nitrogen and oxygen atoms in total. The predicted octanol–water partition coefficient (Wildman–Crippen LogP) is 5.44. The molecule has 0 radical (unpaired) electrons. The van der Waals surface area contributed by atoms with Crippen LogP contribution in [0.3, 0.4) is 0 Å². The molecule has 0 fully saturated rings. The summed E-state index contributed by atoms with van der Waals surface area (Å²) in [5.41, 5.74) is 5.75. The summed E-state index contributed by atoms with van der Waals surface area (Å²) in [5, 5.41) is 0. The molecule has 2 aromatic carbocycles. The Morgan fingerprint density at radius 1 is 0.846 bits per heavy atom. The number of hydrogen-bond acceptors (Lipinski definition) is 3. The summed E-state index contributed by atoms with van der Waals surface area (Å²) in [5.74, 6) is 0.662. The number of allylic oxidation sites excluding steroid dienone is 2. The monoisotopic (exact) mass is 346 g/mol. The molecule has 134 valence electrons. The minimum atomic E-state index is 0.467. The minimum absolute atomic E-state index is 0.467. The van der Waals surface area contributed by atoms with Crippen LogP contribution in [0.5, 0.6) is 0 Å². The number of rotatable bonds is 7. The molecular formula is C23H26N2O. The summed E-state index contributed by atoms with van der Waals surface area (Å²) in [4.78, 5) is 9.65. The molecule has 2 rings (SSSR count). The van der Waals surface area contributed by atoms with Gasteiger partial charge in [0.2, 0.25) is 0 Å². The van der Waals surface area contributed by atoms with Crippen LogP contribution in [-0.4, -0.2) is 25.1 Å². The topological polar surface area (TPSA) is 34.0 Å². The van der Waals surface area contributed by atoms with Gasteiger partial charge in [-0.15, -0.1) is 0 Å². The van der Waals surface area contributed by atoms with Crippen molar-refractivity contribution in [3.63, 3.8) is 0 Å². The normalized spacial score (nSPS) is 12.4. The number of benzene rings is 2. The second-order valence-corrected chi connectivity index (χ2v) is 6.20. The van der Waals surface area contributed by atoms with Gasteiger partial charge in [0, 0.05) is 23.9 Å². The third kappa shape index (κ3) is 5.36. The van der Waals surface area contributed by atoms with Crippen LogP contribution in [0.1, 0.15) is 31.9 Å². The van der Waals surface area contributed by atoms with Gasteiger partial charge in [-0.25, -0.2) is 9.98 Å². The lowest BCUT2D eigenvalue weighted by molar-refractivity contribution is 0.245. The van der Waals surface area contributed by atoms with Crippen molar-refractivity contribution in [2.75, 3.05) is 13.7 Å². The van der Waals surface area contributed by atoms with Gasteiger partial charge in [0.15, 0.2) is 5.82 Å². The summed E-state index contributed by atoms with van der Waals surface area (Å²) < 4.78 is 5.19. The molecule has 0 saturated heterocycles. The highest BCUT2D eigenvalue weighted by molar-refractivity contribution is 6.13. The molecule has 0 bridgehead atoms. The Bertz CT molecular complexity index is 790.